The van der Waals surface area contributed by atoms with Gasteiger partial charge in [0.25, 0.3) is 5.91 Å². The SMILES string of the molecule is O=C(c1cccnc1)N1C[C@@H]2C[C@@H]3[C@@](C1)(CN(Cc1ccncc1)S3(=O)=O)O2. The third-order valence-corrected chi connectivity index (χ3v) is 8.13. The number of hydrogen-bond donors (Lipinski definition) is 0. The van der Waals surface area contributed by atoms with E-state index in [2.05, 4.69) is 9.97 Å². The summed E-state index contributed by atoms with van der Waals surface area (Å²) in [6, 6.07) is 7.07. The normalized spacial score (nSPS) is 30.9. The molecule has 2 bridgehead atoms. The van der Waals surface area contributed by atoms with Crippen molar-refractivity contribution in [1.29, 1.82) is 0 Å². The van der Waals surface area contributed by atoms with Gasteiger partial charge in [0.1, 0.15) is 10.9 Å². The lowest BCUT2D eigenvalue weighted by Gasteiger charge is -2.39. The van der Waals surface area contributed by atoms with Crippen LogP contribution in [0.1, 0.15) is 22.3 Å². The third-order valence-electron chi connectivity index (χ3n) is 5.82. The van der Waals surface area contributed by atoms with E-state index in [1.807, 2.05) is 12.1 Å². The minimum atomic E-state index is -3.50. The molecule has 0 unspecified atom stereocenters. The summed E-state index contributed by atoms with van der Waals surface area (Å²) >= 11 is 0. The molecule has 2 aromatic rings. The number of aromatic nitrogens is 2. The Morgan fingerprint density at radius 3 is 2.75 bits per heavy atom. The Labute approximate surface area is 163 Å². The van der Waals surface area contributed by atoms with Gasteiger partial charge in [0, 0.05) is 44.4 Å². The first kappa shape index (κ1) is 17.7. The molecule has 0 saturated carbocycles. The average Bonchev–Trinajstić information content (AvgIpc) is 3.08. The summed E-state index contributed by atoms with van der Waals surface area (Å²) in [7, 11) is -3.50. The van der Waals surface area contributed by atoms with E-state index in [1.165, 1.54) is 10.5 Å². The Bertz CT molecular complexity index is 1000. The number of amides is 1. The van der Waals surface area contributed by atoms with E-state index >= 15 is 0 Å². The molecule has 146 valence electrons. The van der Waals surface area contributed by atoms with Crippen molar-refractivity contribution in [3.63, 3.8) is 0 Å². The summed E-state index contributed by atoms with van der Waals surface area (Å²) < 4.78 is 34.0. The number of hydrogen-bond acceptors (Lipinski definition) is 6. The maximum Gasteiger partial charge on any atom is 0.255 e. The molecule has 0 radical (unpaired) electrons. The predicted molar refractivity (Wildman–Crippen MR) is 99.7 cm³/mol. The van der Waals surface area contributed by atoms with E-state index in [1.54, 1.807) is 35.6 Å². The molecule has 0 aromatic carbocycles. The van der Waals surface area contributed by atoms with Crippen molar-refractivity contribution in [2.45, 2.75) is 29.9 Å². The highest BCUT2D eigenvalue weighted by Crippen LogP contribution is 2.47. The Morgan fingerprint density at radius 1 is 1.18 bits per heavy atom. The van der Waals surface area contributed by atoms with Crippen LogP contribution in [0.2, 0.25) is 0 Å². The average molecular weight is 400 g/mol. The van der Waals surface area contributed by atoms with E-state index in [0.29, 0.717) is 18.5 Å². The van der Waals surface area contributed by atoms with Crippen LogP contribution >= 0.6 is 0 Å². The molecular formula is C19H20N4O4S. The molecule has 3 saturated heterocycles. The standard InChI is InChI=1S/C19H20N4O4S/c24-18(15-2-1-5-21-9-15)22-11-16-8-17-19(12-22,27-16)13-23(28(17,25)26)10-14-3-6-20-7-4-14/h1-7,9,16-17H,8,10-13H2/t16-,17+,19+/m0/s1. The van der Waals surface area contributed by atoms with Gasteiger partial charge in [0.15, 0.2) is 0 Å². The molecule has 0 N–H and O–H groups in total. The second-order valence-corrected chi connectivity index (χ2v) is 9.74. The van der Waals surface area contributed by atoms with Crippen molar-refractivity contribution < 1.29 is 17.9 Å². The van der Waals surface area contributed by atoms with Gasteiger partial charge in [-0.25, -0.2) is 8.42 Å². The molecule has 1 amide bonds. The van der Waals surface area contributed by atoms with Gasteiger partial charge in [0.2, 0.25) is 10.0 Å². The fourth-order valence-corrected chi connectivity index (χ4v) is 6.90. The van der Waals surface area contributed by atoms with Crippen LogP contribution in [-0.2, 0) is 21.3 Å². The van der Waals surface area contributed by atoms with E-state index in [4.69, 9.17) is 4.74 Å². The summed E-state index contributed by atoms with van der Waals surface area (Å²) in [4.78, 5) is 22.6. The molecule has 3 aliphatic heterocycles. The highest BCUT2D eigenvalue weighted by Gasteiger charge is 2.65. The van der Waals surface area contributed by atoms with Crippen LogP contribution in [0.5, 0.6) is 0 Å². The molecule has 9 heteroatoms. The number of carbonyl (C=O) groups is 1. The van der Waals surface area contributed by atoms with E-state index in [9.17, 15) is 13.2 Å². The molecule has 3 aliphatic rings. The first-order valence-electron chi connectivity index (χ1n) is 9.23. The lowest BCUT2D eigenvalue weighted by molar-refractivity contribution is -0.0980. The van der Waals surface area contributed by atoms with Gasteiger partial charge in [0.05, 0.1) is 18.2 Å². The number of morpholine rings is 1. The largest absolute Gasteiger partial charge is 0.365 e. The molecule has 5 rings (SSSR count). The number of fused-ring (bicyclic) bond motifs is 1. The van der Waals surface area contributed by atoms with Crippen LogP contribution in [0.3, 0.4) is 0 Å². The smallest absolute Gasteiger partial charge is 0.255 e. The van der Waals surface area contributed by atoms with Gasteiger partial charge in [-0.15, -0.1) is 0 Å². The van der Waals surface area contributed by atoms with Gasteiger partial charge >= 0.3 is 0 Å². The summed E-state index contributed by atoms with van der Waals surface area (Å²) in [5, 5.41) is -0.612. The maximum absolute atomic E-state index is 13.2. The van der Waals surface area contributed by atoms with Gasteiger partial charge in [-0.05, 0) is 36.2 Å². The van der Waals surface area contributed by atoms with Crippen molar-refractivity contribution in [2.75, 3.05) is 19.6 Å². The Morgan fingerprint density at radius 2 is 2.00 bits per heavy atom. The first-order valence-corrected chi connectivity index (χ1v) is 10.7. The highest BCUT2D eigenvalue weighted by molar-refractivity contribution is 7.90. The van der Waals surface area contributed by atoms with Crippen molar-refractivity contribution in [3.05, 3.63) is 60.2 Å². The van der Waals surface area contributed by atoms with Crippen molar-refractivity contribution in [1.82, 2.24) is 19.2 Å². The minimum absolute atomic E-state index is 0.133. The molecule has 5 heterocycles. The Balaban J connectivity index is 1.42. The van der Waals surface area contributed by atoms with Gasteiger partial charge in [-0.1, -0.05) is 0 Å². The summed E-state index contributed by atoms with van der Waals surface area (Å²) in [5.74, 6) is -0.133. The second-order valence-electron chi connectivity index (χ2n) is 7.62. The van der Waals surface area contributed by atoms with Crippen LogP contribution in [0.4, 0.5) is 0 Å². The molecule has 8 nitrogen and oxygen atoms in total. The van der Waals surface area contributed by atoms with Gasteiger partial charge < -0.3 is 9.64 Å². The zero-order valence-corrected chi connectivity index (χ0v) is 16.0. The molecule has 3 atom stereocenters. The summed E-state index contributed by atoms with van der Waals surface area (Å²) in [6.07, 6.45) is 6.63. The van der Waals surface area contributed by atoms with Crippen LogP contribution in [0.25, 0.3) is 0 Å². The fraction of sp³-hybridized carbons (Fsp3) is 0.421. The number of likely N-dealkylation sites (tertiary alicyclic amines) is 1. The first-order chi connectivity index (χ1) is 13.5. The van der Waals surface area contributed by atoms with Crippen LogP contribution < -0.4 is 0 Å². The molecule has 3 fully saturated rings. The Hall–Kier alpha value is -2.36. The zero-order valence-electron chi connectivity index (χ0n) is 15.1. The molecule has 1 spiro atoms. The number of ether oxygens (including phenoxy) is 1. The summed E-state index contributed by atoms with van der Waals surface area (Å²) in [6.45, 7) is 1.23. The lowest BCUT2D eigenvalue weighted by atomic mass is 9.99. The number of sulfonamides is 1. The number of pyridine rings is 2. The highest BCUT2D eigenvalue weighted by atomic mass is 32.2. The Kier molecular flexibility index (Phi) is 4.01. The maximum atomic E-state index is 13.2. The lowest BCUT2D eigenvalue weighted by Crippen LogP contribution is -2.56. The second kappa shape index (κ2) is 6.33. The van der Waals surface area contributed by atoms with E-state index in [-0.39, 0.29) is 31.6 Å². The predicted octanol–water partition coefficient (Wildman–Crippen LogP) is 0.674. The van der Waals surface area contributed by atoms with E-state index < -0.39 is 20.9 Å². The van der Waals surface area contributed by atoms with Gasteiger partial charge in [-0.2, -0.15) is 4.31 Å². The number of rotatable bonds is 3. The third kappa shape index (κ3) is 2.73. The number of carbonyl (C=O) groups excluding carboxylic acids is 1. The van der Waals surface area contributed by atoms with Gasteiger partial charge in [-0.3, -0.25) is 14.8 Å². The van der Waals surface area contributed by atoms with Crippen molar-refractivity contribution in [2.24, 2.45) is 0 Å². The molecule has 0 aliphatic carbocycles. The summed E-state index contributed by atoms with van der Waals surface area (Å²) in [5.41, 5.74) is 0.518. The van der Waals surface area contributed by atoms with E-state index in [0.717, 1.165) is 5.56 Å². The van der Waals surface area contributed by atoms with Crippen molar-refractivity contribution >= 4 is 15.9 Å². The van der Waals surface area contributed by atoms with Crippen LogP contribution in [-0.4, -0.2) is 70.1 Å². The minimum Gasteiger partial charge on any atom is -0.365 e. The number of nitrogens with zero attached hydrogens (tertiary/aromatic N) is 4. The van der Waals surface area contributed by atoms with Crippen LogP contribution in [0.15, 0.2) is 49.1 Å². The van der Waals surface area contributed by atoms with Crippen LogP contribution in [0, 0.1) is 0 Å². The quantitative estimate of drug-likeness (QED) is 0.752. The molecular weight excluding hydrogens is 380 g/mol. The molecule has 2 aromatic heterocycles. The molecule has 28 heavy (non-hydrogen) atoms. The zero-order chi connectivity index (χ0) is 19.4. The van der Waals surface area contributed by atoms with Crippen molar-refractivity contribution in [3.8, 4) is 0 Å². The fourth-order valence-electron chi connectivity index (χ4n) is 4.61. The monoisotopic (exact) mass is 400 g/mol. The topological polar surface area (TPSA) is 92.7 Å².